The number of carbonyl (C=O) groups excluding carboxylic acids is 3. The predicted molar refractivity (Wildman–Crippen MR) is 130 cm³/mol. The van der Waals surface area contributed by atoms with Crippen LogP contribution in [-0.4, -0.2) is 69.3 Å². The lowest BCUT2D eigenvalue weighted by Gasteiger charge is -2.18. The largest absolute Gasteiger partial charge is 0.446 e. The zero-order valence-corrected chi connectivity index (χ0v) is 20.1. The maximum absolute atomic E-state index is 11.9. The minimum atomic E-state index is -0.565. The molecule has 2 atom stereocenters. The molecule has 0 aliphatic heterocycles. The number of unbranched alkanes of at least 4 members (excludes halogenated alkanes) is 3. The van der Waals surface area contributed by atoms with Gasteiger partial charge in [-0.25, -0.2) is 4.79 Å². The van der Waals surface area contributed by atoms with Gasteiger partial charge < -0.3 is 43.6 Å². The number of amides is 3. The monoisotopic (exact) mass is 473 g/mol. The molecular weight excluding hydrogens is 426 g/mol. The molecule has 0 aliphatic carbocycles. The van der Waals surface area contributed by atoms with Crippen LogP contribution in [0.4, 0.5) is 4.79 Å². The first-order valence-corrected chi connectivity index (χ1v) is 12.3. The molecule has 0 fully saturated rings. The van der Waals surface area contributed by atoms with Crippen molar-refractivity contribution < 1.29 is 19.1 Å². The molecule has 3 amide bonds. The van der Waals surface area contributed by atoms with Gasteiger partial charge in [0.2, 0.25) is 11.8 Å². The Hall–Kier alpha value is -1.95. The summed E-state index contributed by atoms with van der Waals surface area (Å²) in [4.78, 5) is 33.5. The fraction of sp³-hybridized carbons (Fsp3) is 0.864. The highest BCUT2D eigenvalue weighted by Gasteiger charge is 2.14. The van der Waals surface area contributed by atoms with Gasteiger partial charge in [0.15, 0.2) is 0 Å². The number of carbonyl (C=O) groups is 3. The van der Waals surface area contributed by atoms with E-state index in [1.807, 2.05) is 0 Å². The van der Waals surface area contributed by atoms with Crippen molar-refractivity contribution in [3.63, 3.8) is 0 Å². The summed E-state index contributed by atoms with van der Waals surface area (Å²) in [7, 11) is 0. The quantitative estimate of drug-likeness (QED) is 0.0989. The zero-order valence-electron chi connectivity index (χ0n) is 20.1. The minimum absolute atomic E-state index is 0.143. The lowest BCUT2D eigenvalue weighted by Crippen LogP contribution is -2.36. The van der Waals surface area contributed by atoms with Gasteiger partial charge in [0, 0.05) is 19.5 Å². The summed E-state index contributed by atoms with van der Waals surface area (Å²) in [6.07, 6.45) is 8.45. The third-order valence-electron chi connectivity index (χ3n) is 5.21. The Morgan fingerprint density at radius 1 is 0.727 bits per heavy atom. The van der Waals surface area contributed by atoms with E-state index in [-0.39, 0.29) is 12.0 Å². The van der Waals surface area contributed by atoms with Crippen LogP contribution in [0.5, 0.6) is 0 Å². The molecule has 0 saturated heterocycles. The number of hydrogen-bond donors (Lipinski definition) is 7. The van der Waals surface area contributed by atoms with E-state index in [4.69, 9.17) is 27.7 Å². The predicted octanol–water partition coefficient (Wildman–Crippen LogP) is -0.192. The number of hydrogen-bond acceptors (Lipinski definition) is 8. The number of rotatable bonds is 23. The highest BCUT2D eigenvalue weighted by atomic mass is 16.6. The summed E-state index contributed by atoms with van der Waals surface area (Å²) < 4.78 is 5.57. The van der Waals surface area contributed by atoms with E-state index in [1.165, 1.54) is 0 Å². The molecule has 0 radical (unpaired) electrons. The van der Waals surface area contributed by atoms with Crippen molar-refractivity contribution in [3.8, 4) is 0 Å². The van der Waals surface area contributed by atoms with Crippen molar-refractivity contribution >= 4 is 17.9 Å². The molecule has 11 nitrogen and oxygen atoms in total. The third-order valence-corrected chi connectivity index (χ3v) is 5.21. The molecule has 0 aliphatic rings. The van der Waals surface area contributed by atoms with Gasteiger partial charge in [-0.05, 0) is 77.5 Å². The Balaban J connectivity index is 3.96. The first kappa shape index (κ1) is 31.0. The van der Waals surface area contributed by atoms with Crippen LogP contribution in [0.2, 0.25) is 0 Å². The zero-order chi connectivity index (χ0) is 24.7. The van der Waals surface area contributed by atoms with Crippen molar-refractivity contribution in [1.82, 2.24) is 16.0 Å². The maximum atomic E-state index is 11.9. The Morgan fingerprint density at radius 2 is 1.30 bits per heavy atom. The van der Waals surface area contributed by atoms with Crippen LogP contribution in [0.3, 0.4) is 0 Å². The van der Waals surface area contributed by atoms with Crippen molar-refractivity contribution in [2.45, 2.75) is 82.8 Å². The minimum Gasteiger partial charge on any atom is -0.446 e. The second kappa shape index (κ2) is 21.9. The van der Waals surface area contributed by atoms with Crippen molar-refractivity contribution in [2.75, 3.05) is 39.3 Å². The van der Waals surface area contributed by atoms with Crippen molar-refractivity contribution in [3.05, 3.63) is 0 Å². The van der Waals surface area contributed by atoms with Crippen LogP contribution >= 0.6 is 0 Å². The summed E-state index contributed by atoms with van der Waals surface area (Å²) in [6, 6.07) is -0.565. The van der Waals surface area contributed by atoms with Gasteiger partial charge in [0.05, 0.1) is 6.04 Å². The molecule has 0 heterocycles. The average molecular weight is 474 g/mol. The second-order valence-corrected chi connectivity index (χ2v) is 8.31. The van der Waals surface area contributed by atoms with Gasteiger partial charge in [-0.1, -0.05) is 12.8 Å². The maximum Gasteiger partial charge on any atom is 0.407 e. The number of ether oxygens (including phenoxy) is 1. The summed E-state index contributed by atoms with van der Waals surface area (Å²) in [5.74, 6) is -0.704. The smallest absolute Gasteiger partial charge is 0.407 e. The van der Waals surface area contributed by atoms with Gasteiger partial charge in [-0.15, -0.1) is 0 Å². The Kier molecular flexibility index (Phi) is 20.6. The van der Waals surface area contributed by atoms with Crippen LogP contribution in [0, 0.1) is 0 Å². The lowest BCUT2D eigenvalue weighted by atomic mass is 10.1. The molecule has 33 heavy (non-hydrogen) atoms. The van der Waals surface area contributed by atoms with Crippen molar-refractivity contribution in [1.29, 1.82) is 0 Å². The first-order chi connectivity index (χ1) is 15.9. The third kappa shape index (κ3) is 21.6. The summed E-state index contributed by atoms with van der Waals surface area (Å²) in [5.41, 5.74) is 21.3. The molecule has 0 spiro atoms. The standard InChI is InChI=1S/C22H47N7O4/c23-12-17-29-22(32)33-18(8-6-15-27-13-4-1-2-11-20(25)30)9-7-16-28-14-5-3-10-19(24)21(26)31/h18-19,27-28H,1-17,23-24H2,(H2,25,30)(H2,26,31)(H,29,32). The molecule has 0 bridgehead atoms. The Bertz CT molecular complexity index is 523. The summed E-state index contributed by atoms with van der Waals surface area (Å²) in [5, 5.41) is 9.41. The van der Waals surface area contributed by atoms with Crippen LogP contribution in [0.15, 0.2) is 0 Å². The molecule has 0 aromatic carbocycles. The van der Waals surface area contributed by atoms with Crippen LogP contribution < -0.4 is 38.9 Å². The lowest BCUT2D eigenvalue weighted by molar-refractivity contribution is -0.119. The molecule has 0 rings (SSSR count). The van der Waals surface area contributed by atoms with Gasteiger partial charge in [-0.3, -0.25) is 9.59 Å². The van der Waals surface area contributed by atoms with Crippen molar-refractivity contribution in [2.24, 2.45) is 22.9 Å². The first-order valence-electron chi connectivity index (χ1n) is 12.3. The van der Waals surface area contributed by atoms with Gasteiger partial charge in [0.25, 0.3) is 0 Å². The summed E-state index contributed by atoms with van der Waals surface area (Å²) >= 11 is 0. The molecule has 0 aromatic rings. The molecule has 194 valence electrons. The van der Waals surface area contributed by atoms with Crippen LogP contribution in [-0.2, 0) is 14.3 Å². The Labute approximate surface area is 198 Å². The SMILES string of the molecule is NCCNC(=O)OC(CCCNCCCCCC(N)=O)CCCNCCCCC(N)C(N)=O. The van der Waals surface area contributed by atoms with E-state index in [9.17, 15) is 14.4 Å². The fourth-order valence-corrected chi connectivity index (χ4v) is 3.27. The summed E-state index contributed by atoms with van der Waals surface area (Å²) in [6.45, 7) is 4.19. The number of nitrogens with two attached hydrogens (primary N) is 4. The fourth-order valence-electron chi connectivity index (χ4n) is 3.27. The van der Waals surface area contributed by atoms with Gasteiger partial charge >= 0.3 is 6.09 Å². The van der Waals surface area contributed by atoms with E-state index >= 15 is 0 Å². The molecule has 0 saturated carbocycles. The number of nitrogens with one attached hydrogen (secondary N) is 3. The van der Waals surface area contributed by atoms with Gasteiger partial charge in [0.1, 0.15) is 6.10 Å². The number of alkyl carbamates (subject to hydrolysis) is 1. The van der Waals surface area contributed by atoms with E-state index in [0.29, 0.717) is 25.9 Å². The van der Waals surface area contributed by atoms with Gasteiger partial charge in [-0.2, -0.15) is 0 Å². The Morgan fingerprint density at radius 3 is 1.85 bits per heavy atom. The molecule has 0 aromatic heterocycles. The topological polar surface area (TPSA) is 201 Å². The van der Waals surface area contributed by atoms with E-state index in [1.54, 1.807) is 0 Å². The second-order valence-electron chi connectivity index (χ2n) is 8.31. The average Bonchev–Trinajstić information content (AvgIpc) is 2.77. The van der Waals surface area contributed by atoms with Crippen LogP contribution in [0.25, 0.3) is 0 Å². The van der Waals surface area contributed by atoms with E-state index in [0.717, 1.165) is 84.0 Å². The highest BCUT2D eigenvalue weighted by molar-refractivity contribution is 5.79. The molecule has 11 heteroatoms. The highest BCUT2D eigenvalue weighted by Crippen LogP contribution is 2.10. The molecule has 11 N–H and O–H groups in total. The molecular formula is C22H47N7O4. The number of primary amides is 2. The van der Waals surface area contributed by atoms with E-state index in [2.05, 4.69) is 16.0 Å². The van der Waals surface area contributed by atoms with Crippen LogP contribution in [0.1, 0.15) is 70.6 Å². The van der Waals surface area contributed by atoms with E-state index < -0.39 is 18.0 Å². The normalized spacial score (nSPS) is 12.8. The molecule has 2 unspecified atom stereocenters.